The first-order valence-corrected chi connectivity index (χ1v) is 10.9. The van der Waals surface area contributed by atoms with E-state index in [4.69, 9.17) is 4.42 Å². The van der Waals surface area contributed by atoms with Crippen LogP contribution in [0.2, 0.25) is 0 Å². The Balaban J connectivity index is 1.38. The van der Waals surface area contributed by atoms with Gasteiger partial charge in [0.15, 0.2) is 0 Å². The molecule has 0 saturated carbocycles. The average molecular weight is 474 g/mol. The molecule has 0 fully saturated rings. The quantitative estimate of drug-likeness (QED) is 0.506. The lowest BCUT2D eigenvalue weighted by Gasteiger charge is -2.09. The molecule has 1 aromatic heterocycles. The van der Waals surface area contributed by atoms with Gasteiger partial charge in [-0.25, -0.2) is 4.98 Å². The summed E-state index contributed by atoms with van der Waals surface area (Å²) < 4.78 is 6.43. The maximum Gasteiger partial charge on any atom is 0.243 e. The molecule has 29 heavy (non-hydrogen) atoms. The average Bonchev–Trinajstić information content (AvgIpc) is 3.18. The minimum Gasteiger partial charge on any atom is -0.444 e. The Hall–Kier alpha value is -2.58. The van der Waals surface area contributed by atoms with Gasteiger partial charge in [-0.2, -0.15) is 0 Å². The Bertz CT molecular complexity index is 992. The van der Waals surface area contributed by atoms with Crippen molar-refractivity contribution in [1.29, 1.82) is 0 Å². The molecule has 2 amide bonds. The maximum atomic E-state index is 12.0. The molecule has 0 aliphatic carbocycles. The van der Waals surface area contributed by atoms with Crippen LogP contribution in [0.4, 0.5) is 5.69 Å². The molecule has 0 radical (unpaired) electrons. The molecule has 0 atom stereocenters. The van der Waals surface area contributed by atoms with Gasteiger partial charge in [0.1, 0.15) is 6.26 Å². The van der Waals surface area contributed by atoms with Gasteiger partial charge in [0, 0.05) is 21.5 Å². The molecule has 2 aromatic carbocycles. The van der Waals surface area contributed by atoms with Crippen LogP contribution >= 0.6 is 27.7 Å². The van der Waals surface area contributed by atoms with Crippen LogP contribution < -0.4 is 10.6 Å². The van der Waals surface area contributed by atoms with Crippen molar-refractivity contribution in [2.45, 2.75) is 12.7 Å². The number of aromatic nitrogens is 1. The van der Waals surface area contributed by atoms with Gasteiger partial charge in [0.25, 0.3) is 0 Å². The van der Waals surface area contributed by atoms with Gasteiger partial charge < -0.3 is 15.1 Å². The summed E-state index contributed by atoms with van der Waals surface area (Å²) in [5.41, 5.74) is 3.35. The van der Waals surface area contributed by atoms with Gasteiger partial charge in [-0.3, -0.25) is 9.59 Å². The SMILES string of the molecule is Cc1cc(Br)ccc1NC(=O)CNC(=O)CSCc1coc(-c2ccccc2)n1. The summed E-state index contributed by atoms with van der Waals surface area (Å²) in [6.45, 7) is 1.83. The lowest BCUT2D eigenvalue weighted by atomic mass is 10.2. The third kappa shape index (κ3) is 6.47. The fourth-order valence-corrected chi connectivity index (χ4v) is 3.73. The van der Waals surface area contributed by atoms with Crippen LogP contribution in [0.25, 0.3) is 11.5 Å². The van der Waals surface area contributed by atoms with Crippen molar-refractivity contribution in [3.05, 3.63) is 70.5 Å². The number of thioether (sulfide) groups is 1. The summed E-state index contributed by atoms with van der Waals surface area (Å²) in [5.74, 6) is 0.874. The van der Waals surface area contributed by atoms with E-state index in [2.05, 4.69) is 31.5 Å². The number of carbonyl (C=O) groups is 2. The predicted molar refractivity (Wildman–Crippen MR) is 119 cm³/mol. The molecule has 0 unspecified atom stereocenters. The van der Waals surface area contributed by atoms with E-state index in [0.29, 0.717) is 11.6 Å². The molecule has 6 nitrogen and oxygen atoms in total. The molecule has 0 aliphatic rings. The van der Waals surface area contributed by atoms with E-state index in [-0.39, 0.29) is 24.1 Å². The lowest BCUT2D eigenvalue weighted by Crippen LogP contribution is -2.34. The molecule has 3 aromatic rings. The highest BCUT2D eigenvalue weighted by Gasteiger charge is 2.10. The molecular weight excluding hydrogens is 454 g/mol. The van der Waals surface area contributed by atoms with Gasteiger partial charge in [0.05, 0.1) is 18.0 Å². The molecule has 3 rings (SSSR count). The molecule has 0 aliphatic heterocycles. The van der Waals surface area contributed by atoms with Gasteiger partial charge in [-0.05, 0) is 42.8 Å². The number of aryl methyl sites for hydroxylation is 1. The van der Waals surface area contributed by atoms with E-state index in [1.165, 1.54) is 11.8 Å². The number of oxazole rings is 1. The van der Waals surface area contributed by atoms with Crippen LogP contribution in [0.3, 0.4) is 0 Å². The number of nitrogens with zero attached hydrogens (tertiary/aromatic N) is 1. The van der Waals surface area contributed by atoms with Crippen molar-refractivity contribution < 1.29 is 14.0 Å². The van der Waals surface area contributed by atoms with Crippen LogP contribution in [0, 0.1) is 6.92 Å². The predicted octanol–water partition coefficient (Wildman–Crippen LogP) is 4.40. The molecule has 1 heterocycles. The first-order valence-electron chi connectivity index (χ1n) is 8.91. The smallest absolute Gasteiger partial charge is 0.243 e. The standard InChI is InChI=1S/C21H20BrN3O3S/c1-14-9-16(22)7-8-18(14)25-19(26)10-23-20(27)13-29-12-17-11-28-21(24-17)15-5-3-2-4-6-15/h2-9,11H,10,12-13H2,1H3,(H,23,27)(H,25,26). The molecular formula is C21H20BrN3O3S. The second kappa shape index (κ2) is 10.3. The van der Waals surface area contributed by atoms with Crippen LogP contribution in [0.5, 0.6) is 0 Å². The summed E-state index contributed by atoms with van der Waals surface area (Å²) in [4.78, 5) is 28.4. The number of anilines is 1. The zero-order chi connectivity index (χ0) is 20.6. The first kappa shape index (κ1) is 21.1. The van der Waals surface area contributed by atoms with Crippen molar-refractivity contribution >= 4 is 45.2 Å². The summed E-state index contributed by atoms with van der Waals surface area (Å²) in [5, 5.41) is 5.42. The van der Waals surface area contributed by atoms with E-state index in [1.807, 2.05) is 55.5 Å². The molecule has 8 heteroatoms. The number of amides is 2. The molecule has 0 spiro atoms. The van der Waals surface area contributed by atoms with E-state index >= 15 is 0 Å². The maximum absolute atomic E-state index is 12.0. The van der Waals surface area contributed by atoms with Crippen molar-refractivity contribution in [1.82, 2.24) is 10.3 Å². The molecule has 0 saturated heterocycles. The second-order valence-electron chi connectivity index (χ2n) is 6.29. The number of rotatable bonds is 8. The number of nitrogens with one attached hydrogen (secondary N) is 2. The van der Waals surface area contributed by atoms with Gasteiger partial charge in [-0.15, -0.1) is 11.8 Å². The van der Waals surface area contributed by atoms with Gasteiger partial charge >= 0.3 is 0 Å². The lowest BCUT2D eigenvalue weighted by molar-refractivity contribution is -0.122. The van der Waals surface area contributed by atoms with Crippen LogP contribution in [0.1, 0.15) is 11.3 Å². The van der Waals surface area contributed by atoms with Crippen LogP contribution in [0.15, 0.2) is 63.7 Å². The second-order valence-corrected chi connectivity index (χ2v) is 8.19. The highest BCUT2D eigenvalue weighted by Crippen LogP contribution is 2.21. The molecule has 2 N–H and O–H groups in total. The van der Waals surface area contributed by atoms with Crippen molar-refractivity contribution in [2.24, 2.45) is 0 Å². The van der Waals surface area contributed by atoms with E-state index in [1.54, 1.807) is 6.26 Å². The van der Waals surface area contributed by atoms with Crippen LogP contribution in [-0.4, -0.2) is 29.1 Å². The summed E-state index contributed by atoms with van der Waals surface area (Å²) in [6, 6.07) is 15.2. The third-order valence-electron chi connectivity index (χ3n) is 3.96. The summed E-state index contributed by atoms with van der Waals surface area (Å²) in [6.07, 6.45) is 1.60. The number of carbonyl (C=O) groups excluding carboxylic acids is 2. The third-order valence-corrected chi connectivity index (χ3v) is 5.42. The topological polar surface area (TPSA) is 84.2 Å². The van der Waals surface area contributed by atoms with E-state index in [0.717, 1.165) is 27.0 Å². The normalized spacial score (nSPS) is 10.6. The fourth-order valence-electron chi connectivity index (χ4n) is 2.53. The van der Waals surface area contributed by atoms with E-state index < -0.39 is 0 Å². The monoisotopic (exact) mass is 473 g/mol. The Kier molecular flexibility index (Phi) is 7.48. The van der Waals surface area contributed by atoms with Crippen molar-refractivity contribution in [3.8, 4) is 11.5 Å². The largest absolute Gasteiger partial charge is 0.444 e. The Morgan fingerprint density at radius 2 is 1.93 bits per heavy atom. The Labute approximate surface area is 181 Å². The summed E-state index contributed by atoms with van der Waals surface area (Å²) in [7, 11) is 0. The zero-order valence-corrected chi connectivity index (χ0v) is 18.2. The van der Waals surface area contributed by atoms with Gasteiger partial charge in [-0.1, -0.05) is 34.1 Å². The van der Waals surface area contributed by atoms with Crippen molar-refractivity contribution in [2.75, 3.05) is 17.6 Å². The minimum atomic E-state index is -0.266. The number of halogens is 1. The fraction of sp³-hybridized carbons (Fsp3) is 0.190. The Morgan fingerprint density at radius 3 is 2.69 bits per heavy atom. The molecule has 0 bridgehead atoms. The number of hydrogen-bond donors (Lipinski definition) is 2. The number of benzene rings is 2. The van der Waals surface area contributed by atoms with Gasteiger partial charge in [0.2, 0.25) is 17.7 Å². The molecule has 150 valence electrons. The Morgan fingerprint density at radius 1 is 1.14 bits per heavy atom. The van der Waals surface area contributed by atoms with Crippen molar-refractivity contribution in [3.63, 3.8) is 0 Å². The minimum absolute atomic E-state index is 0.0724. The summed E-state index contributed by atoms with van der Waals surface area (Å²) >= 11 is 4.80. The highest BCUT2D eigenvalue weighted by molar-refractivity contribution is 9.10. The zero-order valence-electron chi connectivity index (χ0n) is 15.8. The van der Waals surface area contributed by atoms with E-state index in [9.17, 15) is 9.59 Å². The number of hydrogen-bond acceptors (Lipinski definition) is 5. The van der Waals surface area contributed by atoms with Crippen LogP contribution in [-0.2, 0) is 15.3 Å². The highest BCUT2D eigenvalue weighted by atomic mass is 79.9. The first-order chi connectivity index (χ1) is 14.0.